The summed E-state index contributed by atoms with van der Waals surface area (Å²) in [6, 6.07) is 13.7. The largest absolute Gasteiger partial charge is 0.497 e. The molecule has 0 aliphatic carbocycles. The van der Waals surface area contributed by atoms with Gasteiger partial charge in [-0.15, -0.1) is 0 Å². The third-order valence-corrected chi connectivity index (χ3v) is 5.32. The highest BCUT2D eigenvalue weighted by molar-refractivity contribution is 6.30. The van der Waals surface area contributed by atoms with E-state index in [4.69, 9.17) is 21.1 Å². The summed E-state index contributed by atoms with van der Waals surface area (Å²) in [5, 5.41) is 3.78. The Bertz CT molecular complexity index is 802. The van der Waals surface area contributed by atoms with Crippen LogP contribution in [-0.2, 0) is 4.79 Å². The molecule has 2 aromatic rings. The van der Waals surface area contributed by atoms with E-state index in [0.717, 1.165) is 37.2 Å². The maximum Gasteiger partial charge on any atom is 0.260 e. The molecule has 2 aromatic carbocycles. The third kappa shape index (κ3) is 5.10. The van der Waals surface area contributed by atoms with E-state index in [9.17, 15) is 4.79 Å². The highest BCUT2D eigenvalue weighted by atomic mass is 35.5. The quantitative estimate of drug-likeness (QED) is 0.786. The van der Waals surface area contributed by atoms with E-state index in [-0.39, 0.29) is 11.9 Å². The monoisotopic (exact) mass is 402 g/mol. The van der Waals surface area contributed by atoms with Crippen LogP contribution in [0.1, 0.15) is 25.3 Å². The van der Waals surface area contributed by atoms with Crippen LogP contribution >= 0.6 is 11.6 Å². The van der Waals surface area contributed by atoms with E-state index in [2.05, 4.69) is 22.3 Å². The number of nitrogens with zero attached hydrogens (tertiary/aromatic N) is 1. The average molecular weight is 403 g/mol. The molecule has 0 saturated carbocycles. The Morgan fingerprint density at radius 2 is 1.86 bits per heavy atom. The number of carbonyl (C=O) groups excluding carboxylic acids is 1. The number of hydrogen-bond donors (Lipinski definition) is 1. The number of nitrogens with one attached hydrogen (secondary N) is 1. The molecular weight excluding hydrogens is 376 g/mol. The second kappa shape index (κ2) is 9.20. The number of aryl methyl sites for hydroxylation is 1. The van der Waals surface area contributed by atoms with Crippen molar-refractivity contribution >= 4 is 23.2 Å². The summed E-state index contributed by atoms with van der Waals surface area (Å²) < 4.78 is 11.0. The van der Waals surface area contributed by atoms with Gasteiger partial charge < -0.3 is 19.7 Å². The molecule has 1 atom stereocenters. The molecule has 0 bridgehead atoms. The number of halogens is 1. The molecule has 1 heterocycles. The number of hydrogen-bond acceptors (Lipinski definition) is 4. The highest BCUT2D eigenvalue weighted by Gasteiger charge is 2.24. The predicted octanol–water partition coefficient (Wildman–Crippen LogP) is 4.21. The van der Waals surface area contributed by atoms with E-state index in [1.165, 1.54) is 5.69 Å². The molecule has 1 fully saturated rings. The predicted molar refractivity (Wildman–Crippen MR) is 113 cm³/mol. The van der Waals surface area contributed by atoms with E-state index < -0.39 is 6.10 Å². The zero-order valence-corrected chi connectivity index (χ0v) is 17.3. The Morgan fingerprint density at radius 3 is 2.46 bits per heavy atom. The third-order valence-electron chi connectivity index (χ3n) is 5.09. The number of anilines is 1. The lowest BCUT2D eigenvalue weighted by atomic mass is 10.0. The van der Waals surface area contributed by atoms with Gasteiger partial charge >= 0.3 is 0 Å². The summed E-state index contributed by atoms with van der Waals surface area (Å²) in [5.74, 6) is 1.45. The molecule has 1 saturated heterocycles. The first-order valence-electron chi connectivity index (χ1n) is 9.58. The van der Waals surface area contributed by atoms with E-state index in [1.807, 2.05) is 25.1 Å². The summed E-state index contributed by atoms with van der Waals surface area (Å²) >= 11 is 5.97. The zero-order valence-electron chi connectivity index (χ0n) is 16.6. The Kier molecular flexibility index (Phi) is 6.68. The lowest BCUT2D eigenvalue weighted by Gasteiger charge is -2.34. The minimum atomic E-state index is -0.556. The molecule has 0 radical (unpaired) electrons. The molecule has 5 nitrogen and oxygen atoms in total. The summed E-state index contributed by atoms with van der Waals surface area (Å²) in [7, 11) is 1.67. The molecule has 3 rings (SSSR count). The number of methoxy groups -OCH3 is 1. The number of amides is 1. The van der Waals surface area contributed by atoms with Gasteiger partial charge in [-0.1, -0.05) is 11.6 Å². The van der Waals surface area contributed by atoms with Crippen molar-refractivity contribution in [3.63, 3.8) is 0 Å². The summed E-state index contributed by atoms with van der Waals surface area (Å²) in [4.78, 5) is 14.9. The van der Waals surface area contributed by atoms with Gasteiger partial charge in [-0.3, -0.25) is 4.79 Å². The first kappa shape index (κ1) is 20.3. The Labute approximate surface area is 171 Å². The fraction of sp³-hybridized carbons (Fsp3) is 0.409. The van der Waals surface area contributed by atoms with Gasteiger partial charge in [0.1, 0.15) is 11.5 Å². The summed E-state index contributed by atoms with van der Waals surface area (Å²) in [5.41, 5.74) is 2.10. The topological polar surface area (TPSA) is 50.8 Å². The molecule has 0 aromatic heterocycles. The van der Waals surface area contributed by atoms with Crippen molar-refractivity contribution in [2.75, 3.05) is 25.1 Å². The fourth-order valence-corrected chi connectivity index (χ4v) is 3.61. The Morgan fingerprint density at radius 1 is 1.18 bits per heavy atom. The number of benzene rings is 2. The van der Waals surface area contributed by atoms with Gasteiger partial charge in [-0.2, -0.15) is 0 Å². The SMILES string of the molecule is COc1ccc(N2CCC(NC(=O)C(C)Oc3ccc(Cl)cc3C)CC2)cc1. The smallest absolute Gasteiger partial charge is 0.260 e. The minimum Gasteiger partial charge on any atom is -0.497 e. The maximum atomic E-state index is 12.5. The Balaban J connectivity index is 1.48. The van der Waals surface area contributed by atoms with Gasteiger partial charge in [0.2, 0.25) is 0 Å². The standard InChI is InChI=1S/C22H27ClN2O3/c1-15-14-17(23)4-9-21(15)28-16(2)22(26)24-18-10-12-25(13-11-18)19-5-7-20(27-3)8-6-19/h4-9,14,16,18H,10-13H2,1-3H3,(H,24,26). The van der Waals surface area contributed by atoms with Crippen LogP contribution in [0.2, 0.25) is 5.02 Å². The Hall–Kier alpha value is -2.40. The van der Waals surface area contributed by atoms with Crippen molar-refractivity contribution in [1.82, 2.24) is 5.32 Å². The molecule has 1 N–H and O–H groups in total. The first-order valence-corrected chi connectivity index (χ1v) is 9.96. The van der Waals surface area contributed by atoms with Crippen LogP contribution in [0.25, 0.3) is 0 Å². The van der Waals surface area contributed by atoms with Crippen molar-refractivity contribution in [3.05, 3.63) is 53.1 Å². The van der Waals surface area contributed by atoms with Crippen molar-refractivity contribution < 1.29 is 14.3 Å². The van der Waals surface area contributed by atoms with Crippen LogP contribution in [0.3, 0.4) is 0 Å². The second-order valence-electron chi connectivity index (χ2n) is 7.14. The van der Waals surface area contributed by atoms with Gasteiger partial charge in [0, 0.05) is 29.8 Å². The molecule has 6 heteroatoms. The van der Waals surface area contributed by atoms with Crippen LogP contribution in [0, 0.1) is 6.92 Å². The molecule has 1 unspecified atom stereocenters. The van der Waals surface area contributed by atoms with Gasteiger partial charge in [0.25, 0.3) is 5.91 Å². The lowest BCUT2D eigenvalue weighted by Crippen LogP contribution is -2.48. The highest BCUT2D eigenvalue weighted by Crippen LogP contribution is 2.24. The van der Waals surface area contributed by atoms with Gasteiger partial charge in [-0.05, 0) is 74.7 Å². The second-order valence-corrected chi connectivity index (χ2v) is 7.57. The van der Waals surface area contributed by atoms with Gasteiger partial charge in [-0.25, -0.2) is 0 Å². The number of ether oxygens (including phenoxy) is 2. The fourth-order valence-electron chi connectivity index (χ4n) is 3.38. The van der Waals surface area contributed by atoms with Crippen molar-refractivity contribution in [2.45, 2.75) is 38.8 Å². The van der Waals surface area contributed by atoms with Gasteiger partial charge in [0.05, 0.1) is 7.11 Å². The maximum absolute atomic E-state index is 12.5. The van der Waals surface area contributed by atoms with Crippen molar-refractivity contribution in [1.29, 1.82) is 0 Å². The number of carbonyl (C=O) groups is 1. The van der Waals surface area contributed by atoms with E-state index >= 15 is 0 Å². The van der Waals surface area contributed by atoms with Gasteiger partial charge in [0.15, 0.2) is 6.10 Å². The lowest BCUT2D eigenvalue weighted by molar-refractivity contribution is -0.128. The number of rotatable bonds is 6. The molecular formula is C22H27ClN2O3. The zero-order chi connectivity index (χ0) is 20.1. The summed E-state index contributed by atoms with van der Waals surface area (Å²) in [6.45, 7) is 5.50. The number of piperidine rings is 1. The molecule has 0 spiro atoms. The van der Waals surface area contributed by atoms with E-state index in [1.54, 1.807) is 26.2 Å². The van der Waals surface area contributed by atoms with Crippen LogP contribution in [0.15, 0.2) is 42.5 Å². The minimum absolute atomic E-state index is 0.0859. The van der Waals surface area contributed by atoms with E-state index in [0.29, 0.717) is 10.8 Å². The van der Waals surface area contributed by atoms with Crippen LogP contribution in [0.5, 0.6) is 11.5 Å². The molecule has 28 heavy (non-hydrogen) atoms. The normalized spacial score (nSPS) is 15.8. The average Bonchev–Trinajstić information content (AvgIpc) is 2.70. The van der Waals surface area contributed by atoms with Crippen LogP contribution in [0.4, 0.5) is 5.69 Å². The van der Waals surface area contributed by atoms with Crippen LogP contribution < -0.4 is 19.7 Å². The molecule has 1 aliphatic heterocycles. The molecule has 1 amide bonds. The molecule has 150 valence electrons. The first-order chi connectivity index (χ1) is 13.5. The van der Waals surface area contributed by atoms with Crippen LogP contribution in [-0.4, -0.2) is 38.3 Å². The molecule has 1 aliphatic rings. The van der Waals surface area contributed by atoms with Crippen molar-refractivity contribution in [2.24, 2.45) is 0 Å². The summed E-state index contributed by atoms with van der Waals surface area (Å²) in [6.07, 6.45) is 1.26. The van der Waals surface area contributed by atoms with Crippen molar-refractivity contribution in [3.8, 4) is 11.5 Å².